The van der Waals surface area contributed by atoms with Crippen LogP contribution in [0.2, 0.25) is 0 Å². The van der Waals surface area contributed by atoms with E-state index in [4.69, 9.17) is 0 Å². The molecule has 0 bridgehead atoms. The van der Waals surface area contributed by atoms with Crippen molar-refractivity contribution in [1.29, 1.82) is 0 Å². The lowest BCUT2D eigenvalue weighted by atomic mass is 9.79. The van der Waals surface area contributed by atoms with E-state index in [1.54, 1.807) is 0 Å². The maximum Gasteiger partial charge on any atom is 0.232 e. The van der Waals surface area contributed by atoms with Crippen LogP contribution < -0.4 is 5.32 Å². The van der Waals surface area contributed by atoms with E-state index >= 15 is 0 Å². The number of halogens is 1. The monoisotopic (exact) mass is 479 g/mol. The lowest BCUT2D eigenvalue weighted by molar-refractivity contribution is -0.117. The summed E-state index contributed by atoms with van der Waals surface area (Å²) in [7, 11) is 0. The zero-order valence-corrected chi connectivity index (χ0v) is 19.5. The minimum atomic E-state index is -0.240. The smallest absolute Gasteiger partial charge is 0.232 e. The summed E-state index contributed by atoms with van der Waals surface area (Å²) in [6, 6.07) is 27.7. The van der Waals surface area contributed by atoms with Crippen molar-refractivity contribution in [2.24, 2.45) is 0 Å². The quantitative estimate of drug-likeness (QED) is 0.315. The Balaban J connectivity index is 1.62. The number of hydrogen-bond acceptors (Lipinski definition) is 1. The number of rotatable bonds is 2. The van der Waals surface area contributed by atoms with Crippen molar-refractivity contribution in [1.82, 2.24) is 0 Å². The van der Waals surface area contributed by atoms with Crippen molar-refractivity contribution < 1.29 is 4.79 Å². The number of allylic oxidation sites excluding steroid dienone is 1. The van der Waals surface area contributed by atoms with E-state index in [1.165, 1.54) is 38.6 Å². The minimum Gasteiger partial charge on any atom is -0.325 e. The maximum atomic E-state index is 13.3. The molecular formula is C29H22BrNO. The molecule has 0 saturated carbocycles. The number of anilines is 1. The molecule has 1 aliphatic carbocycles. The van der Waals surface area contributed by atoms with E-state index in [1.807, 2.05) is 12.1 Å². The third kappa shape index (κ3) is 2.67. The standard InChI is InChI=1S/C29H22BrNO/c1-16-23(30)14-15-24-27(16)28(29(32)31-24)26-17(2)25(21-11-5-6-12-22(21)26)20-13-7-9-18-8-3-4-10-19(18)20/h3-15,26,28H,1-2H3,(H,31,32). The average molecular weight is 480 g/mol. The molecule has 3 heteroatoms. The summed E-state index contributed by atoms with van der Waals surface area (Å²) >= 11 is 3.68. The first-order valence-electron chi connectivity index (χ1n) is 10.9. The second-order valence-corrected chi connectivity index (χ2v) is 9.60. The molecule has 6 rings (SSSR count). The zero-order chi connectivity index (χ0) is 22.0. The van der Waals surface area contributed by atoms with E-state index in [2.05, 4.69) is 102 Å². The van der Waals surface area contributed by atoms with Gasteiger partial charge >= 0.3 is 0 Å². The molecule has 1 N–H and O–H groups in total. The molecule has 2 unspecified atom stereocenters. The van der Waals surface area contributed by atoms with Gasteiger partial charge in [0.1, 0.15) is 0 Å². The number of amides is 1. The lowest BCUT2D eigenvalue weighted by Gasteiger charge is -2.22. The lowest BCUT2D eigenvalue weighted by Crippen LogP contribution is -2.20. The number of carbonyl (C=O) groups excluding carboxylic acids is 1. The average Bonchev–Trinajstić information content (AvgIpc) is 3.29. The molecule has 1 aliphatic heterocycles. The van der Waals surface area contributed by atoms with Crippen LogP contribution >= 0.6 is 15.9 Å². The molecule has 32 heavy (non-hydrogen) atoms. The second-order valence-electron chi connectivity index (χ2n) is 8.75. The second kappa shape index (κ2) is 7.18. The molecule has 1 heterocycles. The first-order valence-corrected chi connectivity index (χ1v) is 11.7. The van der Waals surface area contributed by atoms with Gasteiger partial charge in [-0.05, 0) is 70.1 Å². The number of nitrogens with one attached hydrogen (secondary N) is 1. The van der Waals surface area contributed by atoms with Gasteiger partial charge in [-0.25, -0.2) is 0 Å². The summed E-state index contributed by atoms with van der Waals surface area (Å²) in [6.45, 7) is 4.31. The van der Waals surface area contributed by atoms with Crippen LogP contribution in [0.3, 0.4) is 0 Å². The van der Waals surface area contributed by atoms with E-state index in [9.17, 15) is 4.79 Å². The Morgan fingerprint density at radius 3 is 2.38 bits per heavy atom. The van der Waals surface area contributed by atoms with Crippen LogP contribution in [0.15, 0.2) is 88.9 Å². The largest absolute Gasteiger partial charge is 0.325 e. The molecule has 156 valence electrons. The van der Waals surface area contributed by atoms with Gasteiger partial charge in [-0.3, -0.25) is 4.79 Å². The number of carbonyl (C=O) groups is 1. The SMILES string of the molecule is CC1=C(c2cccc3ccccc23)c2ccccc2C1C1C(=O)Nc2ccc(Br)c(C)c21. The number of fused-ring (bicyclic) bond motifs is 3. The Hall–Kier alpha value is -3.17. The van der Waals surface area contributed by atoms with Gasteiger partial charge < -0.3 is 5.32 Å². The van der Waals surface area contributed by atoms with Crippen molar-refractivity contribution in [3.63, 3.8) is 0 Å². The highest BCUT2D eigenvalue weighted by molar-refractivity contribution is 9.10. The molecule has 0 aromatic heterocycles. The molecule has 2 nitrogen and oxygen atoms in total. The number of hydrogen-bond donors (Lipinski definition) is 1. The Kier molecular flexibility index (Phi) is 4.38. The summed E-state index contributed by atoms with van der Waals surface area (Å²) in [6.07, 6.45) is 0. The van der Waals surface area contributed by atoms with Gasteiger partial charge in [0.05, 0.1) is 5.92 Å². The summed E-state index contributed by atoms with van der Waals surface area (Å²) in [5.41, 5.74) is 9.41. The summed E-state index contributed by atoms with van der Waals surface area (Å²) in [5, 5.41) is 5.62. The zero-order valence-electron chi connectivity index (χ0n) is 17.9. The van der Waals surface area contributed by atoms with Crippen molar-refractivity contribution >= 4 is 43.9 Å². The van der Waals surface area contributed by atoms with Crippen LogP contribution in [-0.2, 0) is 4.79 Å². The van der Waals surface area contributed by atoms with E-state index in [-0.39, 0.29) is 17.7 Å². The van der Waals surface area contributed by atoms with Gasteiger partial charge in [0.25, 0.3) is 0 Å². The van der Waals surface area contributed by atoms with Crippen molar-refractivity contribution in [3.05, 3.63) is 117 Å². The first-order chi connectivity index (χ1) is 15.6. The van der Waals surface area contributed by atoms with Gasteiger partial charge in [0, 0.05) is 16.1 Å². The Morgan fingerprint density at radius 2 is 1.50 bits per heavy atom. The molecule has 4 aromatic carbocycles. The Bertz CT molecular complexity index is 1460. The van der Waals surface area contributed by atoms with Gasteiger partial charge in [-0.15, -0.1) is 0 Å². The topological polar surface area (TPSA) is 29.1 Å². The van der Waals surface area contributed by atoms with Crippen molar-refractivity contribution in [2.45, 2.75) is 25.7 Å². The molecule has 0 radical (unpaired) electrons. The van der Waals surface area contributed by atoms with Gasteiger partial charge in [0.15, 0.2) is 0 Å². The normalized spacial score (nSPS) is 19.3. The Labute approximate surface area is 196 Å². The minimum absolute atomic E-state index is 0.00872. The highest BCUT2D eigenvalue weighted by Crippen LogP contribution is 2.55. The van der Waals surface area contributed by atoms with Crippen LogP contribution in [-0.4, -0.2) is 5.91 Å². The number of benzene rings is 4. The van der Waals surface area contributed by atoms with Gasteiger partial charge in [-0.2, -0.15) is 0 Å². The fourth-order valence-corrected chi connectivity index (χ4v) is 6.04. The molecule has 0 saturated heterocycles. The molecule has 1 amide bonds. The van der Waals surface area contributed by atoms with Crippen LogP contribution in [0.1, 0.15) is 46.6 Å². The molecule has 2 aliphatic rings. The fourth-order valence-electron chi connectivity index (χ4n) is 5.70. The van der Waals surface area contributed by atoms with Gasteiger partial charge in [0.2, 0.25) is 5.91 Å². The van der Waals surface area contributed by atoms with E-state index in [0.29, 0.717) is 0 Å². The van der Waals surface area contributed by atoms with Gasteiger partial charge in [-0.1, -0.05) is 88.2 Å². The first kappa shape index (κ1) is 19.5. The van der Waals surface area contributed by atoms with Crippen LogP contribution in [0.25, 0.3) is 16.3 Å². The molecule has 2 atom stereocenters. The highest BCUT2D eigenvalue weighted by atomic mass is 79.9. The molecular weight excluding hydrogens is 458 g/mol. The maximum absolute atomic E-state index is 13.3. The fraction of sp³-hybridized carbons (Fsp3) is 0.138. The summed E-state index contributed by atoms with van der Waals surface area (Å²) < 4.78 is 1.04. The third-order valence-electron chi connectivity index (χ3n) is 7.12. The van der Waals surface area contributed by atoms with E-state index < -0.39 is 0 Å². The van der Waals surface area contributed by atoms with Crippen LogP contribution in [0.5, 0.6) is 0 Å². The molecule has 0 spiro atoms. The van der Waals surface area contributed by atoms with Crippen molar-refractivity contribution in [3.8, 4) is 0 Å². The summed E-state index contributed by atoms with van der Waals surface area (Å²) in [5.74, 6) is -0.148. The summed E-state index contributed by atoms with van der Waals surface area (Å²) in [4.78, 5) is 13.3. The molecule has 4 aromatic rings. The Morgan fingerprint density at radius 1 is 0.781 bits per heavy atom. The predicted molar refractivity (Wildman–Crippen MR) is 135 cm³/mol. The predicted octanol–water partition coefficient (Wildman–Crippen LogP) is 7.57. The van der Waals surface area contributed by atoms with Crippen LogP contribution in [0.4, 0.5) is 5.69 Å². The highest BCUT2D eigenvalue weighted by Gasteiger charge is 2.44. The van der Waals surface area contributed by atoms with Crippen molar-refractivity contribution in [2.75, 3.05) is 5.32 Å². The van der Waals surface area contributed by atoms with E-state index in [0.717, 1.165) is 21.3 Å². The molecule has 0 fully saturated rings. The van der Waals surface area contributed by atoms with Crippen LogP contribution in [0, 0.1) is 6.92 Å². The third-order valence-corrected chi connectivity index (χ3v) is 7.98.